The van der Waals surface area contributed by atoms with Gasteiger partial charge in [-0.25, -0.2) is 0 Å². The van der Waals surface area contributed by atoms with Crippen molar-refractivity contribution in [3.05, 3.63) is 42.9 Å². The first-order valence-corrected chi connectivity index (χ1v) is 5.72. The maximum absolute atomic E-state index is 4.12. The van der Waals surface area contributed by atoms with Gasteiger partial charge in [0.2, 0.25) is 0 Å². The Bertz CT molecular complexity index is 629. The first-order chi connectivity index (χ1) is 8.93. The SMILES string of the molecule is c1ccc2c(NCCn3ccnn3)nncc2c1. The summed E-state index contributed by atoms with van der Waals surface area (Å²) in [5, 5.41) is 21.2. The van der Waals surface area contributed by atoms with Crippen molar-refractivity contribution in [2.45, 2.75) is 6.54 Å². The molecule has 2 aromatic heterocycles. The average Bonchev–Trinajstić information content (AvgIpc) is 2.92. The standard InChI is InChI=1S/C12H12N6/c1-2-4-11-10(3-1)9-15-16-12(11)13-5-7-18-8-6-14-17-18/h1-4,6,8-9H,5,7H2,(H,13,16). The van der Waals surface area contributed by atoms with Crippen LogP contribution in [0.5, 0.6) is 0 Å². The molecule has 3 rings (SSSR count). The smallest absolute Gasteiger partial charge is 0.156 e. The number of hydrogen-bond donors (Lipinski definition) is 1. The Hall–Kier alpha value is -2.50. The van der Waals surface area contributed by atoms with Crippen molar-refractivity contribution >= 4 is 16.6 Å². The second-order valence-corrected chi connectivity index (χ2v) is 3.87. The molecule has 2 heterocycles. The highest BCUT2D eigenvalue weighted by atomic mass is 15.4. The molecule has 0 spiro atoms. The summed E-state index contributed by atoms with van der Waals surface area (Å²) in [5.41, 5.74) is 0. The molecule has 90 valence electrons. The molecular weight excluding hydrogens is 228 g/mol. The van der Waals surface area contributed by atoms with Gasteiger partial charge in [0.25, 0.3) is 0 Å². The molecule has 18 heavy (non-hydrogen) atoms. The van der Waals surface area contributed by atoms with Crippen molar-refractivity contribution < 1.29 is 0 Å². The molecule has 0 fully saturated rings. The van der Waals surface area contributed by atoms with Crippen LogP contribution in [0.3, 0.4) is 0 Å². The minimum atomic E-state index is 0.728. The third-order valence-electron chi connectivity index (χ3n) is 2.68. The number of nitrogens with zero attached hydrogens (tertiary/aromatic N) is 5. The highest BCUT2D eigenvalue weighted by molar-refractivity contribution is 5.90. The molecule has 6 nitrogen and oxygen atoms in total. The Balaban J connectivity index is 1.74. The van der Waals surface area contributed by atoms with Gasteiger partial charge in [-0.2, -0.15) is 5.10 Å². The fourth-order valence-corrected chi connectivity index (χ4v) is 1.80. The lowest BCUT2D eigenvalue weighted by Crippen LogP contribution is -2.12. The largest absolute Gasteiger partial charge is 0.366 e. The van der Waals surface area contributed by atoms with Gasteiger partial charge in [-0.3, -0.25) is 4.68 Å². The van der Waals surface area contributed by atoms with Crippen molar-refractivity contribution in [1.29, 1.82) is 0 Å². The minimum Gasteiger partial charge on any atom is -0.366 e. The van der Waals surface area contributed by atoms with Crippen LogP contribution < -0.4 is 5.32 Å². The molecule has 0 atom stereocenters. The van der Waals surface area contributed by atoms with Crippen LogP contribution in [0.1, 0.15) is 0 Å². The van der Waals surface area contributed by atoms with Crippen molar-refractivity contribution in [1.82, 2.24) is 25.2 Å². The highest BCUT2D eigenvalue weighted by Crippen LogP contribution is 2.18. The molecule has 6 heteroatoms. The summed E-state index contributed by atoms with van der Waals surface area (Å²) in [6.45, 7) is 1.47. The van der Waals surface area contributed by atoms with E-state index in [0.717, 1.165) is 29.7 Å². The Kier molecular flexibility index (Phi) is 2.83. The van der Waals surface area contributed by atoms with E-state index in [1.54, 1.807) is 17.1 Å². The van der Waals surface area contributed by atoms with Crippen LogP contribution in [0.15, 0.2) is 42.9 Å². The van der Waals surface area contributed by atoms with Gasteiger partial charge in [0.05, 0.1) is 18.9 Å². The molecular formula is C12H12N6. The lowest BCUT2D eigenvalue weighted by molar-refractivity contribution is 0.608. The molecule has 0 saturated carbocycles. The molecule has 0 aliphatic carbocycles. The zero-order chi connectivity index (χ0) is 12.2. The van der Waals surface area contributed by atoms with Crippen LogP contribution >= 0.6 is 0 Å². The van der Waals surface area contributed by atoms with Gasteiger partial charge in [0, 0.05) is 23.5 Å². The van der Waals surface area contributed by atoms with E-state index in [1.165, 1.54) is 0 Å². The fourth-order valence-electron chi connectivity index (χ4n) is 1.80. The van der Waals surface area contributed by atoms with Gasteiger partial charge < -0.3 is 5.32 Å². The second-order valence-electron chi connectivity index (χ2n) is 3.87. The van der Waals surface area contributed by atoms with Gasteiger partial charge in [0.15, 0.2) is 5.82 Å². The van der Waals surface area contributed by atoms with E-state index in [2.05, 4.69) is 25.8 Å². The van der Waals surface area contributed by atoms with Crippen LogP contribution in [0.4, 0.5) is 5.82 Å². The summed E-state index contributed by atoms with van der Waals surface area (Å²) < 4.78 is 1.77. The van der Waals surface area contributed by atoms with Crippen molar-refractivity contribution in [2.75, 3.05) is 11.9 Å². The number of nitrogens with one attached hydrogen (secondary N) is 1. The summed E-state index contributed by atoms with van der Waals surface area (Å²) in [4.78, 5) is 0. The van der Waals surface area contributed by atoms with Crippen LogP contribution in [0, 0.1) is 0 Å². The topological polar surface area (TPSA) is 68.5 Å². The predicted octanol–water partition coefficient (Wildman–Crippen LogP) is 1.33. The summed E-state index contributed by atoms with van der Waals surface area (Å²) in [5.74, 6) is 0.799. The predicted molar refractivity (Wildman–Crippen MR) is 68.0 cm³/mol. The lowest BCUT2D eigenvalue weighted by Gasteiger charge is -2.07. The first-order valence-electron chi connectivity index (χ1n) is 5.72. The number of benzene rings is 1. The highest BCUT2D eigenvalue weighted by Gasteiger charge is 2.01. The fraction of sp³-hybridized carbons (Fsp3) is 0.167. The van der Waals surface area contributed by atoms with Gasteiger partial charge in [-0.05, 0) is 0 Å². The van der Waals surface area contributed by atoms with Crippen LogP contribution in [-0.4, -0.2) is 31.7 Å². The van der Waals surface area contributed by atoms with E-state index in [-0.39, 0.29) is 0 Å². The number of anilines is 1. The van der Waals surface area contributed by atoms with Gasteiger partial charge in [-0.15, -0.1) is 10.2 Å². The number of hydrogen-bond acceptors (Lipinski definition) is 5. The van der Waals surface area contributed by atoms with Crippen LogP contribution in [-0.2, 0) is 6.54 Å². The van der Waals surface area contributed by atoms with E-state index in [1.807, 2.05) is 30.5 Å². The molecule has 0 saturated heterocycles. The van der Waals surface area contributed by atoms with Gasteiger partial charge >= 0.3 is 0 Å². The molecule has 0 bridgehead atoms. The first kappa shape index (κ1) is 10.6. The Morgan fingerprint density at radius 2 is 2.11 bits per heavy atom. The molecule has 1 aromatic carbocycles. The van der Waals surface area contributed by atoms with Crippen molar-refractivity contribution in [2.24, 2.45) is 0 Å². The average molecular weight is 240 g/mol. The van der Waals surface area contributed by atoms with Gasteiger partial charge in [-0.1, -0.05) is 29.5 Å². The van der Waals surface area contributed by atoms with E-state index < -0.39 is 0 Å². The number of rotatable bonds is 4. The molecule has 0 unspecified atom stereocenters. The molecule has 0 amide bonds. The summed E-state index contributed by atoms with van der Waals surface area (Å²) in [7, 11) is 0. The minimum absolute atomic E-state index is 0.728. The normalized spacial score (nSPS) is 10.7. The number of aromatic nitrogens is 5. The molecule has 0 aliphatic heterocycles. The monoisotopic (exact) mass is 240 g/mol. The zero-order valence-electron chi connectivity index (χ0n) is 9.69. The van der Waals surface area contributed by atoms with E-state index in [4.69, 9.17) is 0 Å². The number of fused-ring (bicyclic) bond motifs is 1. The lowest BCUT2D eigenvalue weighted by atomic mass is 10.2. The van der Waals surface area contributed by atoms with Crippen LogP contribution in [0.25, 0.3) is 10.8 Å². The molecule has 0 radical (unpaired) electrons. The quantitative estimate of drug-likeness (QED) is 0.745. The van der Waals surface area contributed by atoms with E-state index in [9.17, 15) is 0 Å². The van der Waals surface area contributed by atoms with Gasteiger partial charge in [0.1, 0.15) is 0 Å². The zero-order valence-corrected chi connectivity index (χ0v) is 9.69. The molecule has 1 N–H and O–H groups in total. The summed E-state index contributed by atoms with van der Waals surface area (Å²) in [6.07, 6.45) is 5.26. The Labute approximate surface area is 104 Å². The third-order valence-corrected chi connectivity index (χ3v) is 2.68. The third kappa shape index (κ3) is 2.13. The van der Waals surface area contributed by atoms with E-state index in [0.29, 0.717) is 0 Å². The Morgan fingerprint density at radius 3 is 3.00 bits per heavy atom. The van der Waals surface area contributed by atoms with Crippen molar-refractivity contribution in [3.63, 3.8) is 0 Å². The molecule has 3 aromatic rings. The van der Waals surface area contributed by atoms with Crippen molar-refractivity contribution in [3.8, 4) is 0 Å². The summed E-state index contributed by atoms with van der Waals surface area (Å²) >= 11 is 0. The maximum atomic E-state index is 4.12. The maximum Gasteiger partial charge on any atom is 0.156 e. The summed E-state index contributed by atoms with van der Waals surface area (Å²) in [6, 6.07) is 8.03. The Morgan fingerprint density at radius 1 is 1.17 bits per heavy atom. The molecule has 0 aliphatic rings. The van der Waals surface area contributed by atoms with Crippen LogP contribution in [0.2, 0.25) is 0 Å². The second kappa shape index (κ2) is 4.79. The van der Waals surface area contributed by atoms with E-state index >= 15 is 0 Å².